The summed E-state index contributed by atoms with van der Waals surface area (Å²) in [6.07, 6.45) is 1.38. The minimum Gasteiger partial charge on any atom is -0.462 e. The molecule has 0 aliphatic carbocycles. The highest BCUT2D eigenvalue weighted by molar-refractivity contribution is 6.09. The molecule has 1 aromatic carbocycles. The second-order valence-electron chi connectivity index (χ2n) is 5.35. The Balaban J connectivity index is 2.12. The first kappa shape index (κ1) is 17.0. The van der Waals surface area contributed by atoms with E-state index in [-0.39, 0.29) is 11.5 Å². The summed E-state index contributed by atoms with van der Waals surface area (Å²) in [5.41, 5.74) is 0.935. The molecule has 0 saturated carbocycles. The first-order valence-corrected chi connectivity index (χ1v) is 7.22. The van der Waals surface area contributed by atoms with Crippen molar-refractivity contribution in [3.8, 4) is 6.07 Å². The molecule has 2 amide bonds. The van der Waals surface area contributed by atoms with Crippen molar-refractivity contribution in [3.63, 3.8) is 0 Å². The summed E-state index contributed by atoms with van der Waals surface area (Å²) in [5, 5.41) is 11.8. The van der Waals surface area contributed by atoms with Crippen LogP contribution in [0.1, 0.15) is 21.9 Å². The minimum absolute atomic E-state index is 0.0715. The Morgan fingerprint density at radius 3 is 2.33 bits per heavy atom. The third-order valence-electron chi connectivity index (χ3n) is 3.21. The number of rotatable bonds is 4. The number of amides is 2. The van der Waals surface area contributed by atoms with Crippen LogP contribution in [0.5, 0.6) is 0 Å². The number of nitriles is 1. The lowest BCUT2D eigenvalue weighted by atomic mass is 10.1. The van der Waals surface area contributed by atoms with Gasteiger partial charge in [-0.3, -0.25) is 9.59 Å². The van der Waals surface area contributed by atoms with Gasteiger partial charge in [0.05, 0.1) is 0 Å². The van der Waals surface area contributed by atoms with Crippen LogP contribution in [-0.4, -0.2) is 30.8 Å². The zero-order chi connectivity index (χ0) is 17.7. The van der Waals surface area contributed by atoms with Gasteiger partial charge in [0.25, 0.3) is 11.8 Å². The minimum atomic E-state index is -0.543. The zero-order valence-corrected chi connectivity index (χ0v) is 13.7. The Morgan fingerprint density at radius 2 is 1.83 bits per heavy atom. The summed E-state index contributed by atoms with van der Waals surface area (Å²) >= 11 is 0. The van der Waals surface area contributed by atoms with Crippen LogP contribution in [0.25, 0.3) is 6.08 Å². The molecule has 0 bridgehead atoms. The molecule has 0 spiro atoms. The number of anilines is 1. The van der Waals surface area contributed by atoms with Crippen LogP contribution >= 0.6 is 0 Å². The molecule has 1 heterocycles. The average molecular weight is 323 g/mol. The van der Waals surface area contributed by atoms with E-state index in [4.69, 9.17) is 9.68 Å². The van der Waals surface area contributed by atoms with Crippen molar-refractivity contribution in [2.75, 3.05) is 19.4 Å². The summed E-state index contributed by atoms with van der Waals surface area (Å²) in [5.74, 6) is 0.461. The van der Waals surface area contributed by atoms with Crippen LogP contribution in [-0.2, 0) is 4.79 Å². The predicted molar refractivity (Wildman–Crippen MR) is 90.1 cm³/mol. The van der Waals surface area contributed by atoms with E-state index in [0.717, 1.165) is 0 Å². The molecule has 0 radical (unpaired) electrons. The highest BCUT2D eigenvalue weighted by Crippen LogP contribution is 2.14. The number of furan rings is 1. The second kappa shape index (κ2) is 7.29. The smallest absolute Gasteiger partial charge is 0.266 e. The fraction of sp³-hybridized carbons (Fsp3) is 0.167. The number of nitrogens with one attached hydrogen (secondary N) is 1. The highest BCUT2D eigenvalue weighted by Gasteiger charge is 2.12. The SMILES string of the molecule is Cc1ccc(C=C(C#N)C(=O)Nc2ccc(C(=O)N(C)C)cc2)o1. The molecule has 2 rings (SSSR count). The summed E-state index contributed by atoms with van der Waals surface area (Å²) in [6.45, 7) is 1.78. The Morgan fingerprint density at radius 1 is 1.17 bits per heavy atom. The number of carbonyl (C=O) groups excluding carboxylic acids is 2. The first-order valence-electron chi connectivity index (χ1n) is 7.22. The van der Waals surface area contributed by atoms with E-state index in [2.05, 4.69) is 5.32 Å². The Bertz CT molecular complexity index is 824. The van der Waals surface area contributed by atoms with Crippen molar-refractivity contribution in [3.05, 3.63) is 59.1 Å². The van der Waals surface area contributed by atoms with Gasteiger partial charge in [0.1, 0.15) is 23.2 Å². The molecule has 6 heteroatoms. The van der Waals surface area contributed by atoms with Gasteiger partial charge in [-0.15, -0.1) is 0 Å². The maximum Gasteiger partial charge on any atom is 0.266 e. The Kier molecular flexibility index (Phi) is 5.17. The summed E-state index contributed by atoms with van der Waals surface area (Å²) < 4.78 is 5.33. The van der Waals surface area contributed by atoms with E-state index in [0.29, 0.717) is 22.8 Å². The molecule has 0 aliphatic rings. The molecule has 1 N–H and O–H groups in total. The number of benzene rings is 1. The van der Waals surface area contributed by atoms with Gasteiger partial charge in [0.15, 0.2) is 0 Å². The van der Waals surface area contributed by atoms with Crippen LogP contribution < -0.4 is 5.32 Å². The molecule has 6 nitrogen and oxygen atoms in total. The Labute approximate surface area is 140 Å². The molecule has 0 atom stereocenters. The van der Waals surface area contributed by atoms with E-state index < -0.39 is 5.91 Å². The predicted octanol–water partition coefficient (Wildman–Crippen LogP) is 2.84. The number of hydrogen-bond donors (Lipinski definition) is 1. The third-order valence-corrected chi connectivity index (χ3v) is 3.21. The lowest BCUT2D eigenvalue weighted by Crippen LogP contribution is -2.21. The van der Waals surface area contributed by atoms with Gasteiger partial charge in [-0.05, 0) is 43.3 Å². The molecule has 24 heavy (non-hydrogen) atoms. The maximum absolute atomic E-state index is 12.2. The van der Waals surface area contributed by atoms with Crippen LogP contribution in [0.15, 0.2) is 46.4 Å². The van der Waals surface area contributed by atoms with Gasteiger partial charge >= 0.3 is 0 Å². The first-order chi connectivity index (χ1) is 11.4. The fourth-order valence-electron chi connectivity index (χ4n) is 1.97. The quantitative estimate of drug-likeness (QED) is 0.692. The maximum atomic E-state index is 12.2. The topological polar surface area (TPSA) is 86.3 Å². The Hall–Kier alpha value is -3.33. The zero-order valence-electron chi connectivity index (χ0n) is 13.7. The van der Waals surface area contributed by atoms with Gasteiger partial charge in [0.2, 0.25) is 0 Å². The monoisotopic (exact) mass is 323 g/mol. The molecule has 2 aromatic rings. The molecule has 0 saturated heterocycles. The van der Waals surface area contributed by atoms with E-state index in [1.165, 1.54) is 11.0 Å². The van der Waals surface area contributed by atoms with Crippen molar-refractivity contribution >= 4 is 23.6 Å². The van der Waals surface area contributed by atoms with Crippen LogP contribution in [0.3, 0.4) is 0 Å². The molecule has 0 fully saturated rings. The van der Waals surface area contributed by atoms with Crippen molar-refractivity contribution < 1.29 is 14.0 Å². The number of hydrogen-bond acceptors (Lipinski definition) is 4. The second-order valence-corrected chi connectivity index (χ2v) is 5.35. The van der Waals surface area contributed by atoms with Crippen LogP contribution in [0.2, 0.25) is 0 Å². The van der Waals surface area contributed by atoms with Crippen LogP contribution in [0, 0.1) is 18.3 Å². The molecular formula is C18H17N3O3. The number of aryl methyl sites for hydroxylation is 1. The van der Waals surface area contributed by atoms with E-state index >= 15 is 0 Å². The molecule has 0 unspecified atom stereocenters. The van der Waals surface area contributed by atoms with Crippen molar-refractivity contribution in [1.29, 1.82) is 5.26 Å². The standard InChI is InChI=1S/C18H17N3O3/c1-12-4-9-16(24-12)10-14(11-19)17(22)20-15-7-5-13(6-8-15)18(23)21(2)3/h4-10H,1-3H3,(H,20,22). The molecule has 1 aromatic heterocycles. The van der Waals surface area contributed by atoms with Gasteiger partial charge < -0.3 is 14.6 Å². The number of nitrogens with zero attached hydrogens (tertiary/aromatic N) is 2. The van der Waals surface area contributed by atoms with Crippen LogP contribution in [0.4, 0.5) is 5.69 Å². The van der Waals surface area contributed by atoms with E-state index in [9.17, 15) is 9.59 Å². The van der Waals surface area contributed by atoms with Gasteiger partial charge in [-0.2, -0.15) is 5.26 Å². The highest BCUT2D eigenvalue weighted by atomic mass is 16.3. The number of carbonyl (C=O) groups is 2. The lowest BCUT2D eigenvalue weighted by Gasteiger charge is -2.10. The average Bonchev–Trinajstić information content (AvgIpc) is 2.97. The van der Waals surface area contributed by atoms with Gasteiger partial charge in [-0.25, -0.2) is 0 Å². The molecular weight excluding hydrogens is 306 g/mol. The summed E-state index contributed by atoms with van der Waals surface area (Å²) in [4.78, 5) is 25.4. The lowest BCUT2D eigenvalue weighted by molar-refractivity contribution is -0.112. The molecule has 0 aliphatic heterocycles. The van der Waals surface area contributed by atoms with Gasteiger partial charge in [-0.1, -0.05) is 0 Å². The van der Waals surface area contributed by atoms with E-state index in [1.54, 1.807) is 57.4 Å². The summed E-state index contributed by atoms with van der Waals surface area (Å²) in [6, 6.07) is 11.7. The van der Waals surface area contributed by atoms with Crippen molar-refractivity contribution in [1.82, 2.24) is 4.90 Å². The third kappa shape index (κ3) is 4.11. The van der Waals surface area contributed by atoms with Crippen molar-refractivity contribution in [2.45, 2.75) is 6.92 Å². The van der Waals surface area contributed by atoms with Gasteiger partial charge in [0, 0.05) is 31.4 Å². The fourth-order valence-corrected chi connectivity index (χ4v) is 1.97. The normalized spacial score (nSPS) is 10.8. The largest absolute Gasteiger partial charge is 0.462 e. The molecule has 122 valence electrons. The van der Waals surface area contributed by atoms with E-state index in [1.807, 2.05) is 6.07 Å². The summed E-state index contributed by atoms with van der Waals surface area (Å²) in [7, 11) is 3.33. The van der Waals surface area contributed by atoms with Crippen molar-refractivity contribution in [2.24, 2.45) is 0 Å².